The first kappa shape index (κ1) is 28.2. The first-order chi connectivity index (χ1) is 20.1. The number of aliphatic hydroxyl groups is 1. The van der Waals surface area contributed by atoms with Crippen LogP contribution in [-0.4, -0.2) is 63.2 Å². The van der Waals surface area contributed by atoms with E-state index in [2.05, 4.69) is 21.8 Å². The van der Waals surface area contributed by atoms with Crippen LogP contribution >= 0.6 is 11.6 Å². The quantitative estimate of drug-likeness (QED) is 0.426. The minimum atomic E-state index is -3.96. The number of amides is 1. The summed E-state index contributed by atoms with van der Waals surface area (Å²) in [6.45, 7) is 2.39. The zero-order valence-electron chi connectivity index (χ0n) is 23.6. The highest BCUT2D eigenvalue weighted by Gasteiger charge is 2.47. The third-order valence-corrected chi connectivity index (χ3v) is 11.5. The van der Waals surface area contributed by atoms with Crippen molar-refractivity contribution in [2.45, 2.75) is 62.1 Å². The van der Waals surface area contributed by atoms with E-state index in [1.54, 1.807) is 24.3 Å². The van der Waals surface area contributed by atoms with Crippen LogP contribution in [-0.2, 0) is 26.6 Å². The maximum Gasteiger partial charge on any atom is 0.264 e. The molecule has 3 heterocycles. The third-order valence-electron chi connectivity index (χ3n) is 10.1. The van der Waals surface area contributed by atoms with E-state index in [1.165, 1.54) is 17.2 Å². The van der Waals surface area contributed by atoms with Crippen molar-refractivity contribution in [2.24, 2.45) is 11.8 Å². The number of ether oxygens (including phenoxy) is 2. The van der Waals surface area contributed by atoms with Crippen molar-refractivity contribution in [3.63, 3.8) is 0 Å². The normalized spacial score (nSPS) is 34.6. The number of benzene rings is 2. The summed E-state index contributed by atoms with van der Waals surface area (Å²) in [5.74, 6) is 0.250. The summed E-state index contributed by atoms with van der Waals surface area (Å²) < 4.78 is 40.6. The van der Waals surface area contributed by atoms with Gasteiger partial charge < -0.3 is 19.5 Å². The number of anilines is 1. The molecule has 5 aliphatic rings. The molecule has 2 aliphatic carbocycles. The van der Waals surface area contributed by atoms with Gasteiger partial charge in [0.1, 0.15) is 5.75 Å². The second-order valence-electron chi connectivity index (χ2n) is 12.9. The smallest absolute Gasteiger partial charge is 0.264 e. The molecule has 224 valence electrons. The lowest BCUT2D eigenvalue weighted by atomic mass is 9.66. The van der Waals surface area contributed by atoms with Crippen molar-refractivity contribution in [3.05, 3.63) is 70.3 Å². The summed E-state index contributed by atoms with van der Waals surface area (Å²) in [5.41, 5.74) is 2.20. The number of halogens is 1. The number of fused-ring (bicyclic) bond motifs is 7. The molecule has 0 radical (unpaired) electrons. The zero-order chi connectivity index (χ0) is 29.1. The molecule has 1 saturated carbocycles. The van der Waals surface area contributed by atoms with Gasteiger partial charge in [0.05, 0.1) is 36.4 Å². The molecule has 1 unspecified atom stereocenters. The summed E-state index contributed by atoms with van der Waals surface area (Å²) >= 11 is 6.39. The molecule has 5 atom stereocenters. The van der Waals surface area contributed by atoms with E-state index in [0.717, 1.165) is 49.4 Å². The molecule has 7 rings (SSSR count). The van der Waals surface area contributed by atoms with Crippen LogP contribution in [0.4, 0.5) is 5.69 Å². The molecule has 3 aliphatic heterocycles. The monoisotopic (exact) mass is 612 g/mol. The molecule has 1 amide bonds. The van der Waals surface area contributed by atoms with Crippen LogP contribution in [0.2, 0.25) is 5.02 Å². The van der Waals surface area contributed by atoms with Crippen LogP contribution in [0.25, 0.3) is 0 Å². The van der Waals surface area contributed by atoms with E-state index in [9.17, 15) is 18.3 Å². The number of carbonyl (C=O) groups is 1. The summed E-state index contributed by atoms with van der Waals surface area (Å²) in [6, 6.07) is 11.4. The average Bonchev–Trinajstić information content (AvgIpc) is 3.07. The molecular weight excluding hydrogens is 576 g/mol. The summed E-state index contributed by atoms with van der Waals surface area (Å²) in [6.07, 6.45) is 8.83. The van der Waals surface area contributed by atoms with Gasteiger partial charge in [0.2, 0.25) is 10.0 Å². The Morgan fingerprint density at radius 1 is 1.12 bits per heavy atom. The van der Waals surface area contributed by atoms with Gasteiger partial charge in [-0.15, -0.1) is 0 Å². The van der Waals surface area contributed by atoms with Gasteiger partial charge in [-0.3, -0.25) is 4.79 Å². The molecule has 1 saturated heterocycles. The number of hydrogen-bond donors (Lipinski definition) is 2. The maximum absolute atomic E-state index is 13.2. The number of nitrogens with one attached hydrogen (secondary N) is 1. The second kappa shape index (κ2) is 10.5. The topological polar surface area (TPSA) is 105 Å². The van der Waals surface area contributed by atoms with Crippen molar-refractivity contribution >= 4 is 33.2 Å². The van der Waals surface area contributed by atoms with Gasteiger partial charge in [0.15, 0.2) is 0 Å². The Morgan fingerprint density at radius 3 is 2.83 bits per heavy atom. The largest absolute Gasteiger partial charge is 0.490 e. The SMILES string of the molecule is O=C1NS(=O)(=O)C/C=C/[C@@]2(O)CCOC(C2)[C@@H]2CC[C@H]2CN2C[C@@]3(CCCc4cc(Cl)ccc43)COc3ccc1cc32. The Labute approximate surface area is 252 Å². The Hall–Kier alpha value is -2.59. The number of hydrogen-bond acceptors (Lipinski definition) is 7. The molecule has 2 aromatic carbocycles. The van der Waals surface area contributed by atoms with Gasteiger partial charge in [-0.2, -0.15) is 0 Å². The van der Waals surface area contributed by atoms with E-state index in [0.29, 0.717) is 44.3 Å². The van der Waals surface area contributed by atoms with Gasteiger partial charge in [-0.05, 0) is 85.4 Å². The molecule has 2 fully saturated rings. The Morgan fingerprint density at radius 2 is 2.00 bits per heavy atom. The van der Waals surface area contributed by atoms with E-state index in [-0.39, 0.29) is 23.0 Å². The van der Waals surface area contributed by atoms with Gasteiger partial charge in [0, 0.05) is 41.9 Å². The van der Waals surface area contributed by atoms with Gasteiger partial charge in [-0.1, -0.05) is 29.8 Å². The number of carbonyl (C=O) groups excluding carboxylic acids is 1. The standard InChI is InChI=1S/C32H37ClN2O6S/c33-24-6-8-26-21(15-24)3-1-10-31(26)19-35-18-23-4-7-25(23)29-17-32(37,12-13-40-29)11-2-14-42(38,39)34-30(36)22-5-9-28(41-20-31)27(35)16-22/h2,5-6,8-9,11,15-16,23,25,29,37H,1,3-4,7,10,12-14,17-20H2,(H,34,36)/b11-2+/t23-,25+,29?,31-,32+/m0/s1. The molecule has 8 nitrogen and oxygen atoms in total. The lowest BCUT2D eigenvalue weighted by Crippen LogP contribution is -2.52. The van der Waals surface area contributed by atoms with Crippen molar-refractivity contribution in [1.29, 1.82) is 0 Å². The van der Waals surface area contributed by atoms with E-state index >= 15 is 0 Å². The van der Waals surface area contributed by atoms with E-state index in [4.69, 9.17) is 21.1 Å². The molecule has 42 heavy (non-hydrogen) atoms. The lowest BCUT2D eigenvalue weighted by Gasteiger charge is -2.48. The Kier molecular flexibility index (Phi) is 7.08. The minimum absolute atomic E-state index is 0.100. The molecule has 10 heteroatoms. The first-order valence-electron chi connectivity index (χ1n) is 15.0. The summed E-state index contributed by atoms with van der Waals surface area (Å²) in [5, 5.41) is 12.1. The second-order valence-corrected chi connectivity index (χ2v) is 15.1. The van der Waals surface area contributed by atoms with E-state index < -0.39 is 27.3 Å². The fourth-order valence-corrected chi connectivity index (χ4v) is 8.84. The fourth-order valence-electron chi connectivity index (χ4n) is 7.81. The van der Waals surface area contributed by atoms with Gasteiger partial charge in [-0.25, -0.2) is 13.1 Å². The number of sulfonamides is 1. The van der Waals surface area contributed by atoms with Crippen LogP contribution < -0.4 is 14.4 Å². The fraction of sp³-hybridized carbons (Fsp3) is 0.531. The van der Waals surface area contributed by atoms with Crippen molar-refractivity contribution in [3.8, 4) is 5.75 Å². The maximum atomic E-state index is 13.2. The summed E-state index contributed by atoms with van der Waals surface area (Å²) in [7, 11) is -3.96. The van der Waals surface area contributed by atoms with Crippen molar-refractivity contribution < 1.29 is 27.8 Å². The summed E-state index contributed by atoms with van der Waals surface area (Å²) in [4.78, 5) is 15.6. The average molecular weight is 613 g/mol. The van der Waals surface area contributed by atoms with E-state index in [1.807, 2.05) is 6.07 Å². The highest BCUT2D eigenvalue weighted by molar-refractivity contribution is 7.90. The third kappa shape index (κ3) is 5.23. The van der Waals surface area contributed by atoms with Crippen LogP contribution in [0.3, 0.4) is 0 Å². The predicted molar refractivity (Wildman–Crippen MR) is 161 cm³/mol. The lowest BCUT2D eigenvalue weighted by molar-refractivity contribution is -0.125. The number of nitrogens with zero attached hydrogens (tertiary/aromatic N) is 1. The minimum Gasteiger partial charge on any atom is -0.490 e. The molecule has 2 aromatic rings. The van der Waals surface area contributed by atoms with Crippen LogP contribution in [0, 0.1) is 11.8 Å². The molecule has 4 bridgehead atoms. The first-order valence-corrected chi connectivity index (χ1v) is 17.0. The van der Waals surface area contributed by atoms with Crippen LogP contribution in [0.1, 0.15) is 60.0 Å². The molecule has 0 aromatic heterocycles. The van der Waals surface area contributed by atoms with Gasteiger partial charge >= 0.3 is 0 Å². The number of rotatable bonds is 0. The molecule has 1 spiro atoms. The van der Waals surface area contributed by atoms with Crippen molar-refractivity contribution in [1.82, 2.24) is 4.72 Å². The predicted octanol–water partition coefficient (Wildman–Crippen LogP) is 4.38. The van der Waals surface area contributed by atoms with Crippen LogP contribution in [0.5, 0.6) is 5.75 Å². The molecule has 2 N–H and O–H groups in total. The van der Waals surface area contributed by atoms with Crippen LogP contribution in [0.15, 0.2) is 48.6 Å². The highest BCUT2D eigenvalue weighted by Crippen LogP contribution is 2.48. The number of aryl methyl sites for hydroxylation is 1. The molecular formula is C32H37ClN2O6S. The Bertz CT molecular complexity index is 1550. The Balaban J connectivity index is 1.30. The van der Waals surface area contributed by atoms with Gasteiger partial charge in [0.25, 0.3) is 5.91 Å². The van der Waals surface area contributed by atoms with Crippen molar-refractivity contribution in [2.75, 3.05) is 37.0 Å². The zero-order valence-corrected chi connectivity index (χ0v) is 25.1. The highest BCUT2D eigenvalue weighted by atomic mass is 35.5.